The molecular formula is C13H19ClN2O3S. The molecule has 0 aliphatic heterocycles. The minimum absolute atomic E-state index is 0.291. The van der Waals surface area contributed by atoms with Crippen LogP contribution in [-0.2, 0) is 14.9 Å². The zero-order chi connectivity index (χ0) is 14.8. The minimum atomic E-state index is -3.58. The summed E-state index contributed by atoms with van der Waals surface area (Å²) >= 11 is 6.19. The van der Waals surface area contributed by atoms with E-state index in [0.717, 1.165) is 18.4 Å². The van der Waals surface area contributed by atoms with Crippen molar-refractivity contribution in [1.29, 1.82) is 0 Å². The van der Waals surface area contributed by atoms with Gasteiger partial charge in [0, 0.05) is 25.7 Å². The number of hydrogen-bond acceptors (Lipinski definition) is 3. The average molecular weight is 319 g/mol. The Morgan fingerprint density at radius 1 is 1.45 bits per heavy atom. The van der Waals surface area contributed by atoms with Gasteiger partial charge in [0.25, 0.3) is 0 Å². The number of methoxy groups -OCH3 is 1. The number of nitrogens with one attached hydrogen (secondary N) is 1. The van der Waals surface area contributed by atoms with E-state index in [1.165, 1.54) is 18.5 Å². The highest BCUT2D eigenvalue weighted by Gasteiger charge is 2.26. The SMILES string of the molecule is COCCN(C)S(=O)(=O)Nc1ccc(C2CC2)c(Cl)c1. The van der Waals surface area contributed by atoms with E-state index in [0.29, 0.717) is 29.8 Å². The molecule has 0 saturated heterocycles. The number of likely N-dealkylation sites (N-methyl/N-ethyl adjacent to an activating group) is 1. The number of anilines is 1. The van der Waals surface area contributed by atoms with E-state index in [1.807, 2.05) is 6.07 Å². The molecule has 1 saturated carbocycles. The Hall–Kier alpha value is -0.820. The van der Waals surface area contributed by atoms with E-state index in [2.05, 4.69) is 4.72 Å². The summed E-state index contributed by atoms with van der Waals surface area (Å²) in [5.74, 6) is 0.539. The van der Waals surface area contributed by atoms with Gasteiger partial charge < -0.3 is 4.74 Å². The number of nitrogens with zero attached hydrogens (tertiary/aromatic N) is 1. The van der Waals surface area contributed by atoms with Crippen LogP contribution in [0.5, 0.6) is 0 Å². The first kappa shape index (κ1) is 15.6. The predicted octanol–water partition coefficient (Wildman–Crippen LogP) is 2.45. The smallest absolute Gasteiger partial charge is 0.301 e. The van der Waals surface area contributed by atoms with Gasteiger partial charge in [-0.15, -0.1) is 0 Å². The van der Waals surface area contributed by atoms with Gasteiger partial charge in [-0.05, 0) is 36.5 Å². The van der Waals surface area contributed by atoms with Gasteiger partial charge in [-0.2, -0.15) is 12.7 Å². The van der Waals surface area contributed by atoms with Crippen LogP contribution >= 0.6 is 11.6 Å². The maximum Gasteiger partial charge on any atom is 0.301 e. The van der Waals surface area contributed by atoms with Crippen molar-refractivity contribution in [3.05, 3.63) is 28.8 Å². The van der Waals surface area contributed by atoms with Crippen molar-refractivity contribution < 1.29 is 13.2 Å². The summed E-state index contributed by atoms with van der Waals surface area (Å²) in [5, 5.41) is 0.618. The zero-order valence-electron chi connectivity index (χ0n) is 11.6. The molecule has 0 aromatic heterocycles. The molecule has 1 aromatic rings. The quantitative estimate of drug-likeness (QED) is 0.840. The highest BCUT2D eigenvalue weighted by Crippen LogP contribution is 2.43. The summed E-state index contributed by atoms with van der Waals surface area (Å²) in [5.41, 5.74) is 1.58. The second-order valence-corrected chi connectivity index (χ2v) is 7.12. The van der Waals surface area contributed by atoms with E-state index in [1.54, 1.807) is 12.1 Å². The van der Waals surface area contributed by atoms with Crippen LogP contribution in [0.3, 0.4) is 0 Å². The third-order valence-electron chi connectivity index (χ3n) is 3.29. The Labute approximate surface area is 125 Å². The fraction of sp³-hybridized carbons (Fsp3) is 0.538. The molecule has 0 bridgehead atoms. The summed E-state index contributed by atoms with van der Waals surface area (Å²) in [7, 11) is -0.542. The van der Waals surface area contributed by atoms with Crippen LogP contribution in [0.4, 0.5) is 5.69 Å². The molecule has 20 heavy (non-hydrogen) atoms. The maximum atomic E-state index is 12.1. The number of benzene rings is 1. The monoisotopic (exact) mass is 318 g/mol. The molecule has 0 amide bonds. The average Bonchev–Trinajstić information content (AvgIpc) is 3.19. The molecule has 2 rings (SSSR count). The molecule has 0 heterocycles. The summed E-state index contributed by atoms with van der Waals surface area (Å²) in [6, 6.07) is 5.31. The van der Waals surface area contributed by atoms with Crippen molar-refractivity contribution in [3.8, 4) is 0 Å². The number of rotatable bonds is 7. The minimum Gasteiger partial charge on any atom is -0.383 e. The van der Waals surface area contributed by atoms with Crippen LogP contribution in [0.2, 0.25) is 5.02 Å². The molecular weight excluding hydrogens is 300 g/mol. The Kier molecular flexibility index (Phi) is 4.90. The molecule has 0 unspecified atom stereocenters. The summed E-state index contributed by atoms with van der Waals surface area (Å²) in [4.78, 5) is 0. The maximum absolute atomic E-state index is 12.1. The van der Waals surface area contributed by atoms with Gasteiger partial charge in [0.15, 0.2) is 0 Å². The van der Waals surface area contributed by atoms with Crippen molar-refractivity contribution in [2.75, 3.05) is 32.0 Å². The lowest BCUT2D eigenvalue weighted by Crippen LogP contribution is -2.34. The number of halogens is 1. The van der Waals surface area contributed by atoms with Crippen molar-refractivity contribution in [2.45, 2.75) is 18.8 Å². The van der Waals surface area contributed by atoms with Gasteiger partial charge in [-0.3, -0.25) is 4.72 Å². The van der Waals surface area contributed by atoms with Crippen molar-refractivity contribution in [2.24, 2.45) is 0 Å². The number of ether oxygens (including phenoxy) is 1. The lowest BCUT2D eigenvalue weighted by atomic mass is 10.1. The van der Waals surface area contributed by atoms with E-state index in [4.69, 9.17) is 16.3 Å². The normalized spacial score (nSPS) is 15.6. The van der Waals surface area contributed by atoms with Crippen molar-refractivity contribution in [1.82, 2.24) is 4.31 Å². The molecule has 0 atom stereocenters. The van der Waals surface area contributed by atoms with Gasteiger partial charge in [0.2, 0.25) is 0 Å². The molecule has 1 N–H and O–H groups in total. The van der Waals surface area contributed by atoms with Crippen LogP contribution < -0.4 is 4.72 Å². The van der Waals surface area contributed by atoms with E-state index >= 15 is 0 Å². The molecule has 112 valence electrons. The summed E-state index contributed by atoms with van der Waals surface area (Å²) in [6.07, 6.45) is 2.31. The van der Waals surface area contributed by atoms with Gasteiger partial charge in [-0.1, -0.05) is 17.7 Å². The van der Waals surface area contributed by atoms with Crippen LogP contribution in [0.1, 0.15) is 24.3 Å². The summed E-state index contributed by atoms with van der Waals surface area (Å²) in [6.45, 7) is 0.637. The fourth-order valence-corrected chi connectivity index (χ4v) is 3.11. The second-order valence-electron chi connectivity index (χ2n) is 4.93. The molecule has 0 spiro atoms. The Morgan fingerprint density at radius 3 is 2.70 bits per heavy atom. The first-order valence-corrected chi connectivity index (χ1v) is 8.28. The lowest BCUT2D eigenvalue weighted by molar-refractivity contribution is 0.185. The standard InChI is InChI=1S/C13H19ClN2O3S/c1-16(7-8-19-2)20(17,18)15-11-5-6-12(10-3-4-10)13(14)9-11/h5-6,9-10,15H,3-4,7-8H2,1-2H3. The Morgan fingerprint density at radius 2 is 2.15 bits per heavy atom. The van der Waals surface area contributed by atoms with E-state index in [9.17, 15) is 8.42 Å². The predicted molar refractivity (Wildman–Crippen MR) is 80.5 cm³/mol. The van der Waals surface area contributed by atoms with Crippen LogP contribution in [0, 0.1) is 0 Å². The molecule has 7 heteroatoms. The van der Waals surface area contributed by atoms with Crippen LogP contribution in [0.15, 0.2) is 18.2 Å². The van der Waals surface area contributed by atoms with Crippen molar-refractivity contribution >= 4 is 27.5 Å². The van der Waals surface area contributed by atoms with Crippen molar-refractivity contribution in [3.63, 3.8) is 0 Å². The molecule has 0 radical (unpaired) electrons. The van der Waals surface area contributed by atoms with Crippen LogP contribution in [0.25, 0.3) is 0 Å². The highest BCUT2D eigenvalue weighted by atomic mass is 35.5. The van der Waals surface area contributed by atoms with Gasteiger partial charge in [-0.25, -0.2) is 0 Å². The van der Waals surface area contributed by atoms with E-state index < -0.39 is 10.2 Å². The third kappa shape index (κ3) is 3.85. The molecule has 1 aliphatic rings. The van der Waals surface area contributed by atoms with Gasteiger partial charge in [0.05, 0.1) is 12.3 Å². The number of hydrogen-bond donors (Lipinski definition) is 1. The van der Waals surface area contributed by atoms with Gasteiger partial charge >= 0.3 is 10.2 Å². The van der Waals surface area contributed by atoms with E-state index in [-0.39, 0.29) is 0 Å². The topological polar surface area (TPSA) is 58.6 Å². The van der Waals surface area contributed by atoms with Gasteiger partial charge in [0.1, 0.15) is 0 Å². The fourth-order valence-electron chi connectivity index (χ4n) is 1.88. The second kappa shape index (κ2) is 6.30. The summed E-state index contributed by atoms with van der Waals surface area (Å²) < 4.78 is 32.7. The lowest BCUT2D eigenvalue weighted by Gasteiger charge is -2.18. The highest BCUT2D eigenvalue weighted by molar-refractivity contribution is 7.90. The first-order chi connectivity index (χ1) is 9.44. The molecule has 1 aliphatic carbocycles. The molecule has 5 nitrogen and oxygen atoms in total. The first-order valence-electron chi connectivity index (χ1n) is 6.46. The zero-order valence-corrected chi connectivity index (χ0v) is 13.2. The Bertz CT molecular complexity index is 573. The third-order valence-corrected chi connectivity index (χ3v) is 5.11. The molecule has 1 fully saturated rings. The largest absolute Gasteiger partial charge is 0.383 e. The molecule has 1 aromatic carbocycles. The Balaban J connectivity index is 2.06. The van der Waals surface area contributed by atoms with Crippen LogP contribution in [-0.4, -0.2) is 40.0 Å².